The molecular weight excluding hydrogens is 330 g/mol. The maximum Gasteiger partial charge on any atom is 0.241 e. The molecule has 1 saturated carbocycles. The summed E-state index contributed by atoms with van der Waals surface area (Å²) in [6.07, 6.45) is 12.6. The van der Waals surface area contributed by atoms with Gasteiger partial charge in [0.1, 0.15) is 17.1 Å². The van der Waals surface area contributed by atoms with Crippen molar-refractivity contribution in [1.82, 2.24) is 15.1 Å². The van der Waals surface area contributed by atoms with Gasteiger partial charge in [0, 0.05) is 25.6 Å². The van der Waals surface area contributed by atoms with Crippen LogP contribution in [0.3, 0.4) is 0 Å². The van der Waals surface area contributed by atoms with E-state index >= 15 is 0 Å². The lowest BCUT2D eigenvalue weighted by molar-refractivity contribution is -0.132. The first-order chi connectivity index (χ1) is 12.6. The average Bonchev–Trinajstić information content (AvgIpc) is 2.99. The third-order valence-electron chi connectivity index (χ3n) is 6.65. The van der Waals surface area contributed by atoms with E-state index in [9.17, 15) is 9.59 Å². The summed E-state index contributed by atoms with van der Waals surface area (Å²) in [6, 6.07) is 0.302. The molecule has 2 heterocycles. The number of carbonyl (C=O) groups is 2. The fourth-order valence-corrected chi connectivity index (χ4v) is 5.08. The molecule has 3 fully saturated rings. The SMILES string of the molecule is COC1=CCC(N2CNC(=O)C23CCN(C2CCCCC2=O)CC3)C=C1. The van der Waals surface area contributed by atoms with E-state index in [-0.39, 0.29) is 18.0 Å². The highest BCUT2D eigenvalue weighted by Crippen LogP contribution is 2.37. The highest BCUT2D eigenvalue weighted by atomic mass is 16.5. The maximum atomic E-state index is 12.8. The molecule has 2 atom stereocenters. The van der Waals surface area contributed by atoms with Crippen LogP contribution in [0.1, 0.15) is 44.9 Å². The number of hydrogen-bond donors (Lipinski definition) is 1. The Morgan fingerprint density at radius 3 is 2.69 bits per heavy atom. The fraction of sp³-hybridized carbons (Fsp3) is 0.700. The number of ketones is 1. The Bertz CT molecular complexity index is 634. The molecule has 6 heteroatoms. The molecule has 2 aliphatic carbocycles. The van der Waals surface area contributed by atoms with Crippen molar-refractivity contribution in [3.8, 4) is 0 Å². The van der Waals surface area contributed by atoms with Crippen LogP contribution in [-0.4, -0.2) is 66.0 Å². The molecule has 1 spiro atoms. The molecule has 0 aromatic heterocycles. The van der Waals surface area contributed by atoms with E-state index in [1.165, 1.54) is 0 Å². The summed E-state index contributed by atoms with van der Waals surface area (Å²) in [6.45, 7) is 2.26. The molecule has 2 aliphatic heterocycles. The van der Waals surface area contributed by atoms with Crippen LogP contribution in [0.15, 0.2) is 24.0 Å². The number of rotatable bonds is 3. The number of carbonyl (C=O) groups excluding carboxylic acids is 2. The first-order valence-corrected chi connectivity index (χ1v) is 9.88. The van der Waals surface area contributed by atoms with Crippen molar-refractivity contribution in [2.75, 3.05) is 26.9 Å². The smallest absolute Gasteiger partial charge is 0.241 e. The molecule has 0 radical (unpaired) electrons. The zero-order chi connectivity index (χ0) is 18.1. The van der Waals surface area contributed by atoms with Gasteiger partial charge in [-0.2, -0.15) is 0 Å². The molecule has 2 saturated heterocycles. The fourth-order valence-electron chi connectivity index (χ4n) is 5.08. The van der Waals surface area contributed by atoms with Gasteiger partial charge >= 0.3 is 0 Å². The van der Waals surface area contributed by atoms with E-state index < -0.39 is 5.54 Å². The van der Waals surface area contributed by atoms with E-state index in [1.54, 1.807) is 7.11 Å². The van der Waals surface area contributed by atoms with Gasteiger partial charge in [0.15, 0.2) is 0 Å². The van der Waals surface area contributed by atoms with Crippen molar-refractivity contribution in [2.24, 2.45) is 0 Å². The summed E-state index contributed by atoms with van der Waals surface area (Å²) in [4.78, 5) is 29.7. The quantitative estimate of drug-likeness (QED) is 0.829. The molecule has 1 amide bonds. The Morgan fingerprint density at radius 2 is 2.04 bits per heavy atom. The van der Waals surface area contributed by atoms with Crippen molar-refractivity contribution < 1.29 is 14.3 Å². The standard InChI is InChI=1S/C20H29N3O3/c1-26-16-8-6-15(7-9-16)23-14-21-19(25)20(23)10-12-22(13-11-20)17-4-2-3-5-18(17)24/h6,8-9,15,17H,2-5,7,10-14H2,1H3,(H,21,25). The number of amides is 1. The third-order valence-corrected chi connectivity index (χ3v) is 6.65. The highest BCUT2D eigenvalue weighted by molar-refractivity contribution is 5.89. The van der Waals surface area contributed by atoms with E-state index in [1.807, 2.05) is 6.08 Å². The minimum absolute atomic E-state index is 0.0841. The van der Waals surface area contributed by atoms with Gasteiger partial charge in [0.2, 0.25) is 5.91 Å². The highest BCUT2D eigenvalue weighted by Gasteiger charge is 2.52. The van der Waals surface area contributed by atoms with Gasteiger partial charge in [-0.05, 0) is 44.3 Å². The average molecular weight is 359 g/mol. The molecule has 6 nitrogen and oxygen atoms in total. The minimum atomic E-state index is -0.429. The Balaban J connectivity index is 1.45. The predicted octanol–water partition coefficient (Wildman–Crippen LogP) is 1.58. The summed E-state index contributed by atoms with van der Waals surface area (Å²) in [5.74, 6) is 1.44. The van der Waals surface area contributed by atoms with Crippen LogP contribution >= 0.6 is 0 Å². The second kappa shape index (κ2) is 7.16. The lowest BCUT2D eigenvalue weighted by Gasteiger charge is -2.47. The summed E-state index contributed by atoms with van der Waals surface area (Å²) in [5.41, 5.74) is -0.429. The Kier molecular flexibility index (Phi) is 4.88. The number of hydrogen-bond acceptors (Lipinski definition) is 5. The van der Waals surface area contributed by atoms with Crippen molar-refractivity contribution >= 4 is 11.7 Å². The van der Waals surface area contributed by atoms with Crippen LogP contribution in [-0.2, 0) is 14.3 Å². The summed E-state index contributed by atoms with van der Waals surface area (Å²) in [5, 5.41) is 3.07. The molecule has 0 bridgehead atoms. The van der Waals surface area contributed by atoms with Gasteiger partial charge in [-0.1, -0.05) is 12.5 Å². The Hall–Kier alpha value is -1.66. The van der Waals surface area contributed by atoms with Crippen molar-refractivity contribution in [1.29, 1.82) is 0 Å². The summed E-state index contributed by atoms with van der Waals surface area (Å²) >= 11 is 0. The maximum absolute atomic E-state index is 12.8. The number of nitrogens with zero attached hydrogens (tertiary/aromatic N) is 2. The summed E-state index contributed by atoms with van der Waals surface area (Å²) < 4.78 is 5.29. The molecule has 1 N–H and O–H groups in total. The van der Waals surface area contributed by atoms with Gasteiger partial charge in [0.25, 0.3) is 0 Å². The molecule has 4 rings (SSSR count). The second-order valence-corrected chi connectivity index (χ2v) is 7.90. The number of likely N-dealkylation sites (tertiary alicyclic amines) is 1. The van der Waals surface area contributed by atoms with Crippen molar-refractivity contribution in [2.45, 2.75) is 62.6 Å². The van der Waals surface area contributed by atoms with Gasteiger partial charge in [-0.15, -0.1) is 0 Å². The Morgan fingerprint density at radius 1 is 1.23 bits per heavy atom. The van der Waals surface area contributed by atoms with E-state index in [0.717, 1.165) is 63.8 Å². The van der Waals surface area contributed by atoms with Gasteiger partial charge in [-0.3, -0.25) is 19.4 Å². The van der Waals surface area contributed by atoms with Gasteiger partial charge in [-0.25, -0.2) is 0 Å². The molecule has 26 heavy (non-hydrogen) atoms. The third kappa shape index (κ3) is 2.99. The van der Waals surface area contributed by atoms with E-state index in [4.69, 9.17) is 4.74 Å². The topological polar surface area (TPSA) is 61.9 Å². The Labute approximate surface area is 155 Å². The first kappa shape index (κ1) is 17.7. The molecular formula is C20H29N3O3. The molecule has 0 aromatic rings. The van der Waals surface area contributed by atoms with Crippen molar-refractivity contribution in [3.05, 3.63) is 24.0 Å². The monoisotopic (exact) mass is 359 g/mol. The number of ether oxygens (including phenoxy) is 1. The number of piperidine rings is 1. The van der Waals surface area contributed by atoms with Gasteiger partial charge in [0.05, 0.1) is 19.8 Å². The zero-order valence-corrected chi connectivity index (χ0v) is 15.6. The summed E-state index contributed by atoms with van der Waals surface area (Å²) in [7, 11) is 1.68. The van der Waals surface area contributed by atoms with E-state index in [2.05, 4.69) is 27.3 Å². The van der Waals surface area contributed by atoms with Gasteiger partial charge < -0.3 is 10.1 Å². The first-order valence-electron chi connectivity index (χ1n) is 9.88. The van der Waals surface area contributed by atoms with Crippen molar-refractivity contribution in [3.63, 3.8) is 0 Å². The lowest BCUT2D eigenvalue weighted by atomic mass is 9.82. The number of methoxy groups -OCH3 is 1. The molecule has 4 aliphatic rings. The number of Topliss-reactive ketones (excluding diaryl/α,β-unsaturated/α-hetero) is 1. The minimum Gasteiger partial charge on any atom is -0.497 e. The largest absolute Gasteiger partial charge is 0.497 e. The number of allylic oxidation sites excluding steroid dienone is 1. The van der Waals surface area contributed by atoms with Crippen LogP contribution in [0.25, 0.3) is 0 Å². The van der Waals surface area contributed by atoms with E-state index in [0.29, 0.717) is 12.5 Å². The van der Waals surface area contributed by atoms with Crippen LogP contribution < -0.4 is 5.32 Å². The lowest BCUT2D eigenvalue weighted by Crippen LogP contribution is -2.60. The van der Waals surface area contributed by atoms with Crippen LogP contribution in [0.5, 0.6) is 0 Å². The van der Waals surface area contributed by atoms with Crippen LogP contribution in [0.2, 0.25) is 0 Å². The predicted molar refractivity (Wildman–Crippen MR) is 98.3 cm³/mol. The van der Waals surface area contributed by atoms with Crippen LogP contribution in [0.4, 0.5) is 0 Å². The normalized spacial score (nSPS) is 32.6. The molecule has 2 unspecified atom stereocenters. The molecule has 142 valence electrons. The molecule has 0 aromatic carbocycles. The zero-order valence-electron chi connectivity index (χ0n) is 15.6. The van der Waals surface area contributed by atoms with Crippen LogP contribution in [0, 0.1) is 0 Å². The second-order valence-electron chi connectivity index (χ2n) is 7.90. The number of nitrogens with one attached hydrogen (secondary N) is 1.